The van der Waals surface area contributed by atoms with Crippen molar-refractivity contribution in [3.63, 3.8) is 0 Å². The highest BCUT2D eigenvalue weighted by atomic mass is 35.5. The summed E-state index contributed by atoms with van der Waals surface area (Å²) in [5.74, 6) is 1.73. The Kier molecular flexibility index (Phi) is 8.29. The van der Waals surface area contributed by atoms with E-state index in [4.69, 9.17) is 16.3 Å². The Morgan fingerprint density at radius 3 is 2.45 bits per heavy atom. The van der Waals surface area contributed by atoms with E-state index in [1.807, 2.05) is 12.1 Å². The molecule has 2 aliphatic rings. The van der Waals surface area contributed by atoms with Gasteiger partial charge in [-0.25, -0.2) is 0 Å². The van der Waals surface area contributed by atoms with Gasteiger partial charge in [0.1, 0.15) is 5.75 Å². The molecule has 2 fully saturated rings. The molecule has 0 unspecified atom stereocenters. The van der Waals surface area contributed by atoms with Crippen LogP contribution in [0.1, 0.15) is 30.9 Å². The first-order valence-corrected chi connectivity index (χ1v) is 7.95. The number of piperazine rings is 1. The Labute approximate surface area is 150 Å². The van der Waals surface area contributed by atoms with Gasteiger partial charge in [0, 0.05) is 42.8 Å². The monoisotopic (exact) mass is 366 g/mol. The molecule has 6 heteroatoms. The first-order chi connectivity index (χ1) is 9.79. The van der Waals surface area contributed by atoms with Gasteiger partial charge in [-0.2, -0.15) is 0 Å². The maximum atomic E-state index is 6.24. The smallest absolute Gasteiger partial charge is 0.123 e. The van der Waals surface area contributed by atoms with Crippen molar-refractivity contribution in [1.82, 2.24) is 10.2 Å². The van der Waals surface area contributed by atoms with Crippen molar-refractivity contribution in [3.8, 4) is 5.75 Å². The lowest BCUT2D eigenvalue weighted by molar-refractivity contribution is 0.0818. The first kappa shape index (κ1) is 19.9. The minimum absolute atomic E-state index is 0. The summed E-state index contributed by atoms with van der Waals surface area (Å²) in [6.07, 6.45) is 4.00. The quantitative estimate of drug-likeness (QED) is 0.872. The van der Waals surface area contributed by atoms with E-state index in [-0.39, 0.29) is 24.8 Å². The third-order valence-corrected chi connectivity index (χ3v) is 4.89. The zero-order chi connectivity index (χ0) is 13.9. The van der Waals surface area contributed by atoms with Crippen molar-refractivity contribution < 1.29 is 4.74 Å². The van der Waals surface area contributed by atoms with E-state index < -0.39 is 0 Å². The summed E-state index contributed by atoms with van der Waals surface area (Å²) in [6.45, 7) is 4.37. The number of hydrogen-bond acceptors (Lipinski definition) is 3. The average molecular weight is 368 g/mol. The van der Waals surface area contributed by atoms with Crippen LogP contribution in [0, 0.1) is 5.92 Å². The van der Waals surface area contributed by atoms with Gasteiger partial charge in [-0.1, -0.05) is 18.0 Å². The number of rotatable bonds is 4. The summed E-state index contributed by atoms with van der Waals surface area (Å²) in [5, 5.41) is 4.24. The highest BCUT2D eigenvalue weighted by molar-refractivity contribution is 6.30. The van der Waals surface area contributed by atoms with Gasteiger partial charge >= 0.3 is 0 Å². The van der Waals surface area contributed by atoms with E-state index in [1.165, 1.54) is 24.8 Å². The van der Waals surface area contributed by atoms with E-state index in [0.717, 1.165) is 42.9 Å². The molecule has 1 aromatic carbocycles. The summed E-state index contributed by atoms with van der Waals surface area (Å²) < 4.78 is 5.59. The van der Waals surface area contributed by atoms with Crippen molar-refractivity contribution in [3.05, 3.63) is 28.8 Å². The topological polar surface area (TPSA) is 24.5 Å². The van der Waals surface area contributed by atoms with Gasteiger partial charge in [-0.3, -0.25) is 4.90 Å². The molecule has 1 saturated heterocycles. The molecule has 0 amide bonds. The molecular weight excluding hydrogens is 343 g/mol. The molecule has 0 aromatic heterocycles. The Morgan fingerprint density at radius 1 is 1.23 bits per heavy atom. The Morgan fingerprint density at radius 2 is 1.91 bits per heavy atom. The number of hydrogen-bond donors (Lipinski definition) is 1. The molecule has 0 spiro atoms. The normalized spacial score (nSPS) is 20.3. The van der Waals surface area contributed by atoms with Crippen molar-refractivity contribution in [2.45, 2.75) is 25.3 Å². The number of nitrogens with zero attached hydrogens (tertiary/aromatic N) is 1. The highest BCUT2D eigenvalue weighted by Crippen LogP contribution is 2.44. The van der Waals surface area contributed by atoms with E-state index in [2.05, 4.69) is 16.3 Å². The Hall–Kier alpha value is -0.190. The number of ether oxygens (including phenoxy) is 1. The number of halogens is 3. The van der Waals surface area contributed by atoms with Crippen molar-refractivity contribution >= 4 is 36.4 Å². The Balaban J connectivity index is 0.00000121. The maximum Gasteiger partial charge on any atom is 0.123 e. The summed E-state index contributed by atoms with van der Waals surface area (Å²) >= 11 is 6.24. The second kappa shape index (κ2) is 9.19. The van der Waals surface area contributed by atoms with Crippen LogP contribution in [0.2, 0.25) is 5.02 Å². The van der Waals surface area contributed by atoms with E-state index in [1.54, 1.807) is 7.11 Å². The molecule has 1 aliphatic carbocycles. The fourth-order valence-electron chi connectivity index (χ4n) is 3.40. The van der Waals surface area contributed by atoms with Gasteiger partial charge in [-0.15, -0.1) is 24.8 Å². The lowest BCUT2D eigenvalue weighted by Gasteiger charge is -2.43. The molecule has 3 rings (SSSR count). The van der Waals surface area contributed by atoms with Gasteiger partial charge in [0.25, 0.3) is 0 Å². The zero-order valence-corrected chi connectivity index (χ0v) is 15.3. The zero-order valence-electron chi connectivity index (χ0n) is 12.9. The number of benzene rings is 1. The average Bonchev–Trinajstić information content (AvgIpc) is 2.43. The predicted molar refractivity (Wildman–Crippen MR) is 97.0 cm³/mol. The molecular formula is C16H25Cl3N2O. The summed E-state index contributed by atoms with van der Waals surface area (Å²) in [7, 11) is 1.75. The molecule has 0 radical (unpaired) electrons. The lowest BCUT2D eigenvalue weighted by atomic mass is 9.76. The summed E-state index contributed by atoms with van der Waals surface area (Å²) in [4.78, 5) is 2.61. The second-order valence-corrected chi connectivity index (χ2v) is 6.24. The van der Waals surface area contributed by atoms with Crippen LogP contribution in [-0.4, -0.2) is 38.2 Å². The van der Waals surface area contributed by atoms with Crippen LogP contribution < -0.4 is 10.1 Å². The van der Waals surface area contributed by atoms with Crippen molar-refractivity contribution in [1.29, 1.82) is 0 Å². The van der Waals surface area contributed by atoms with Gasteiger partial charge in [0.05, 0.1) is 7.11 Å². The molecule has 1 atom stereocenters. The molecule has 3 nitrogen and oxygen atoms in total. The third kappa shape index (κ3) is 4.21. The fourth-order valence-corrected chi connectivity index (χ4v) is 3.58. The van der Waals surface area contributed by atoms with E-state index in [0.29, 0.717) is 6.04 Å². The molecule has 1 N–H and O–H groups in total. The fraction of sp³-hybridized carbons (Fsp3) is 0.625. The molecule has 1 aliphatic heterocycles. The first-order valence-electron chi connectivity index (χ1n) is 7.58. The third-order valence-electron chi connectivity index (χ3n) is 4.65. The summed E-state index contributed by atoms with van der Waals surface area (Å²) in [5.41, 5.74) is 1.27. The summed E-state index contributed by atoms with van der Waals surface area (Å²) in [6, 6.07) is 6.48. The van der Waals surface area contributed by atoms with Gasteiger partial charge in [0.2, 0.25) is 0 Å². The maximum absolute atomic E-state index is 6.24. The van der Waals surface area contributed by atoms with Gasteiger partial charge < -0.3 is 10.1 Å². The van der Waals surface area contributed by atoms with Crippen LogP contribution in [0.4, 0.5) is 0 Å². The van der Waals surface area contributed by atoms with Gasteiger partial charge in [-0.05, 0) is 37.0 Å². The van der Waals surface area contributed by atoms with Crippen LogP contribution in [0.5, 0.6) is 5.75 Å². The predicted octanol–water partition coefficient (Wildman–Crippen LogP) is 3.94. The molecule has 126 valence electrons. The van der Waals surface area contributed by atoms with Crippen LogP contribution in [0.15, 0.2) is 18.2 Å². The minimum Gasteiger partial charge on any atom is -0.496 e. The van der Waals surface area contributed by atoms with E-state index in [9.17, 15) is 0 Å². The van der Waals surface area contributed by atoms with Crippen LogP contribution in [0.3, 0.4) is 0 Å². The largest absolute Gasteiger partial charge is 0.496 e. The van der Waals surface area contributed by atoms with Gasteiger partial charge in [0.15, 0.2) is 0 Å². The van der Waals surface area contributed by atoms with Crippen molar-refractivity contribution in [2.75, 3.05) is 33.3 Å². The SMILES string of the molecule is COc1ccc(Cl)cc1[C@@H](C1CCC1)N1CCNCC1.Cl.Cl. The van der Waals surface area contributed by atoms with Crippen LogP contribution in [0.25, 0.3) is 0 Å². The lowest BCUT2D eigenvalue weighted by Crippen LogP contribution is -2.47. The highest BCUT2D eigenvalue weighted by Gasteiger charge is 2.35. The molecule has 1 saturated carbocycles. The Bertz CT molecular complexity index is 463. The standard InChI is InChI=1S/C16H23ClN2O.2ClH/c1-20-15-6-5-13(17)11-14(15)16(12-3-2-4-12)19-9-7-18-8-10-19;;/h5-6,11-12,16,18H,2-4,7-10H2,1H3;2*1H/t16-;;/m1../s1. The molecule has 1 heterocycles. The minimum atomic E-state index is 0. The molecule has 1 aromatic rings. The molecule has 0 bridgehead atoms. The molecule has 22 heavy (non-hydrogen) atoms. The van der Waals surface area contributed by atoms with Crippen LogP contribution >= 0.6 is 36.4 Å². The second-order valence-electron chi connectivity index (χ2n) is 5.81. The van der Waals surface area contributed by atoms with Crippen LogP contribution in [-0.2, 0) is 0 Å². The number of methoxy groups -OCH3 is 1. The van der Waals surface area contributed by atoms with Crippen molar-refractivity contribution in [2.24, 2.45) is 5.92 Å². The van der Waals surface area contributed by atoms with E-state index >= 15 is 0 Å². The number of nitrogens with one attached hydrogen (secondary N) is 1.